The van der Waals surface area contributed by atoms with Crippen LogP contribution in [-0.4, -0.2) is 9.78 Å². The Morgan fingerprint density at radius 3 is 2.77 bits per heavy atom. The molecular weight excluding hydrogens is 228 g/mol. The zero-order valence-corrected chi connectivity index (χ0v) is 9.50. The van der Waals surface area contributed by atoms with Crippen molar-refractivity contribution in [2.24, 2.45) is 5.92 Å². The van der Waals surface area contributed by atoms with Gasteiger partial charge in [0.05, 0.1) is 16.7 Å². The van der Waals surface area contributed by atoms with Gasteiger partial charge in [0, 0.05) is 6.20 Å². The van der Waals surface area contributed by atoms with Gasteiger partial charge in [0.2, 0.25) is 0 Å². The second-order valence-corrected chi connectivity index (χ2v) is 4.84. The van der Waals surface area contributed by atoms with E-state index in [9.17, 15) is 0 Å². The fourth-order valence-electron chi connectivity index (χ4n) is 2.19. The van der Waals surface area contributed by atoms with Gasteiger partial charge in [-0.25, -0.2) is 0 Å². The average Bonchev–Trinajstić information content (AvgIpc) is 2.72. The fourth-order valence-corrected chi connectivity index (χ4v) is 2.49. The van der Waals surface area contributed by atoms with Crippen LogP contribution in [0.4, 0.5) is 0 Å². The van der Waals surface area contributed by atoms with Crippen molar-refractivity contribution in [2.45, 2.75) is 38.6 Å². The summed E-state index contributed by atoms with van der Waals surface area (Å²) in [5.74, 6) is 0.840. The van der Waals surface area contributed by atoms with Crippen molar-refractivity contribution in [3.05, 3.63) is 16.9 Å². The van der Waals surface area contributed by atoms with Crippen molar-refractivity contribution in [2.75, 3.05) is 0 Å². The number of hydrogen-bond acceptors (Lipinski definition) is 1. The summed E-state index contributed by atoms with van der Waals surface area (Å²) >= 11 is 3.43. The molecule has 3 heteroatoms. The number of rotatable bonds is 2. The van der Waals surface area contributed by atoms with Crippen LogP contribution in [0.25, 0.3) is 0 Å². The highest BCUT2D eigenvalue weighted by Gasteiger charge is 2.22. The fraction of sp³-hybridized carbons (Fsp3) is 0.700. The standard InChI is InChI=1S/C10H15BrN2/c1-8(9-4-2-3-5-9)13-7-10(11)6-12-13/h6-9H,2-5H2,1H3. The Kier molecular flexibility index (Phi) is 2.72. The lowest BCUT2D eigenvalue weighted by molar-refractivity contribution is 0.335. The van der Waals surface area contributed by atoms with Crippen molar-refractivity contribution < 1.29 is 0 Å². The predicted molar refractivity (Wildman–Crippen MR) is 56.6 cm³/mol. The van der Waals surface area contributed by atoms with E-state index >= 15 is 0 Å². The highest BCUT2D eigenvalue weighted by molar-refractivity contribution is 9.10. The van der Waals surface area contributed by atoms with Crippen LogP contribution in [-0.2, 0) is 0 Å². The van der Waals surface area contributed by atoms with Gasteiger partial charge in [-0.05, 0) is 41.6 Å². The number of nitrogens with zero attached hydrogens (tertiary/aromatic N) is 2. The molecule has 1 heterocycles. The molecule has 2 rings (SSSR count). The molecule has 1 fully saturated rings. The quantitative estimate of drug-likeness (QED) is 0.778. The normalized spacial score (nSPS) is 20.8. The second kappa shape index (κ2) is 3.82. The number of aromatic nitrogens is 2. The van der Waals surface area contributed by atoms with E-state index in [-0.39, 0.29) is 0 Å². The topological polar surface area (TPSA) is 17.8 Å². The molecule has 0 amide bonds. The molecule has 0 aromatic carbocycles. The molecule has 13 heavy (non-hydrogen) atoms. The van der Waals surface area contributed by atoms with Gasteiger partial charge in [0.1, 0.15) is 0 Å². The van der Waals surface area contributed by atoms with Crippen molar-refractivity contribution >= 4 is 15.9 Å². The number of halogens is 1. The van der Waals surface area contributed by atoms with E-state index in [1.807, 2.05) is 6.20 Å². The lowest BCUT2D eigenvalue weighted by Gasteiger charge is -2.18. The zero-order valence-electron chi connectivity index (χ0n) is 7.91. The minimum absolute atomic E-state index is 0.564. The van der Waals surface area contributed by atoms with Crippen molar-refractivity contribution in [3.8, 4) is 0 Å². The molecule has 72 valence electrons. The third-order valence-corrected chi connectivity index (χ3v) is 3.48. The largest absolute Gasteiger partial charge is 0.269 e. The molecule has 0 aliphatic heterocycles. The molecule has 1 atom stereocenters. The summed E-state index contributed by atoms with van der Waals surface area (Å²) in [6.45, 7) is 2.27. The van der Waals surface area contributed by atoms with Crippen LogP contribution in [0, 0.1) is 5.92 Å². The Morgan fingerprint density at radius 1 is 1.54 bits per heavy atom. The van der Waals surface area contributed by atoms with Gasteiger partial charge in [0.15, 0.2) is 0 Å². The molecule has 0 bridgehead atoms. The van der Waals surface area contributed by atoms with Gasteiger partial charge in [-0.2, -0.15) is 5.10 Å². The number of hydrogen-bond donors (Lipinski definition) is 0. The molecule has 1 aromatic heterocycles. The Balaban J connectivity index is 2.07. The lowest BCUT2D eigenvalue weighted by atomic mass is 10.0. The molecule has 0 radical (unpaired) electrons. The average molecular weight is 243 g/mol. The molecule has 1 unspecified atom stereocenters. The molecule has 0 N–H and O–H groups in total. The van der Waals surface area contributed by atoms with Crippen LogP contribution in [0.3, 0.4) is 0 Å². The van der Waals surface area contributed by atoms with Crippen LogP contribution >= 0.6 is 15.9 Å². The van der Waals surface area contributed by atoms with E-state index < -0.39 is 0 Å². The summed E-state index contributed by atoms with van der Waals surface area (Å²) < 4.78 is 3.16. The molecule has 0 saturated heterocycles. The summed E-state index contributed by atoms with van der Waals surface area (Å²) in [6, 6.07) is 0.564. The van der Waals surface area contributed by atoms with Crippen LogP contribution in [0.2, 0.25) is 0 Å². The van der Waals surface area contributed by atoms with Gasteiger partial charge in [-0.15, -0.1) is 0 Å². The van der Waals surface area contributed by atoms with Crippen molar-refractivity contribution in [1.29, 1.82) is 0 Å². The van der Waals surface area contributed by atoms with E-state index in [0.717, 1.165) is 10.4 Å². The summed E-state index contributed by atoms with van der Waals surface area (Å²) in [4.78, 5) is 0. The first-order chi connectivity index (χ1) is 6.27. The highest BCUT2D eigenvalue weighted by atomic mass is 79.9. The summed E-state index contributed by atoms with van der Waals surface area (Å²) in [5, 5.41) is 4.33. The van der Waals surface area contributed by atoms with Crippen molar-refractivity contribution in [1.82, 2.24) is 9.78 Å². The second-order valence-electron chi connectivity index (χ2n) is 3.92. The van der Waals surface area contributed by atoms with Gasteiger partial charge in [-0.3, -0.25) is 4.68 Å². The minimum Gasteiger partial charge on any atom is -0.269 e. The van der Waals surface area contributed by atoms with Crippen LogP contribution < -0.4 is 0 Å². The van der Waals surface area contributed by atoms with Gasteiger partial charge < -0.3 is 0 Å². The summed E-state index contributed by atoms with van der Waals surface area (Å²) in [7, 11) is 0. The van der Waals surface area contributed by atoms with E-state index in [0.29, 0.717) is 6.04 Å². The maximum Gasteiger partial charge on any atom is 0.0632 e. The Bertz CT molecular complexity index is 276. The predicted octanol–water partition coefficient (Wildman–Crippen LogP) is 3.40. The maximum absolute atomic E-state index is 4.33. The Morgan fingerprint density at radius 2 is 2.23 bits per heavy atom. The molecule has 0 spiro atoms. The van der Waals surface area contributed by atoms with E-state index in [2.05, 4.69) is 38.8 Å². The van der Waals surface area contributed by atoms with Gasteiger partial charge in [0.25, 0.3) is 0 Å². The first kappa shape index (κ1) is 9.25. The maximum atomic E-state index is 4.33. The lowest BCUT2D eigenvalue weighted by Crippen LogP contribution is -2.14. The monoisotopic (exact) mass is 242 g/mol. The third-order valence-electron chi connectivity index (χ3n) is 3.07. The Hall–Kier alpha value is -0.310. The molecular formula is C10H15BrN2. The van der Waals surface area contributed by atoms with E-state index in [1.165, 1.54) is 25.7 Å². The molecule has 1 saturated carbocycles. The molecule has 1 aliphatic carbocycles. The van der Waals surface area contributed by atoms with Gasteiger partial charge in [-0.1, -0.05) is 12.8 Å². The molecule has 1 aliphatic rings. The summed E-state index contributed by atoms with van der Waals surface area (Å²) in [5.41, 5.74) is 0. The smallest absolute Gasteiger partial charge is 0.0632 e. The highest BCUT2D eigenvalue weighted by Crippen LogP contribution is 2.33. The van der Waals surface area contributed by atoms with Crippen LogP contribution in [0.15, 0.2) is 16.9 Å². The van der Waals surface area contributed by atoms with Crippen LogP contribution in [0.1, 0.15) is 38.6 Å². The first-order valence-corrected chi connectivity index (χ1v) is 5.76. The molecule has 2 nitrogen and oxygen atoms in total. The van der Waals surface area contributed by atoms with E-state index in [4.69, 9.17) is 0 Å². The summed E-state index contributed by atoms with van der Waals surface area (Å²) in [6.07, 6.45) is 9.49. The van der Waals surface area contributed by atoms with Crippen molar-refractivity contribution in [3.63, 3.8) is 0 Å². The first-order valence-electron chi connectivity index (χ1n) is 4.97. The van der Waals surface area contributed by atoms with Gasteiger partial charge >= 0.3 is 0 Å². The SMILES string of the molecule is CC(C1CCCC1)n1cc(Br)cn1. The zero-order chi connectivity index (χ0) is 9.26. The Labute approximate surface area is 87.5 Å². The van der Waals surface area contributed by atoms with E-state index in [1.54, 1.807) is 0 Å². The molecule has 1 aromatic rings. The third kappa shape index (κ3) is 1.96. The van der Waals surface area contributed by atoms with Crippen LogP contribution in [0.5, 0.6) is 0 Å². The minimum atomic E-state index is 0.564.